The number of rotatable bonds is 8. The zero-order chi connectivity index (χ0) is 18.9. The number of hydrogen-bond donors (Lipinski definition) is 2. The molecule has 1 rings (SSSR count). The van der Waals surface area contributed by atoms with Crippen LogP contribution in [0.1, 0.15) is 18.1 Å². The Morgan fingerprint density at radius 1 is 1.27 bits per heavy atom. The first-order valence-corrected chi connectivity index (χ1v) is 8.17. The lowest BCUT2D eigenvalue weighted by molar-refractivity contribution is -0.153. The van der Waals surface area contributed by atoms with Crippen LogP contribution in [0, 0.1) is 6.92 Å². The Morgan fingerprint density at radius 3 is 2.54 bits per heavy atom. The number of halogens is 4. The summed E-state index contributed by atoms with van der Waals surface area (Å²) in [5, 5.41) is 6.26. The molecule has 0 spiro atoms. The van der Waals surface area contributed by atoms with Crippen LogP contribution in [0.5, 0.6) is 5.75 Å². The van der Waals surface area contributed by atoms with E-state index in [1.807, 2.05) is 20.0 Å². The zero-order valence-electron chi connectivity index (χ0n) is 15.6. The summed E-state index contributed by atoms with van der Waals surface area (Å²) in [7, 11) is 3.67. The van der Waals surface area contributed by atoms with E-state index in [4.69, 9.17) is 4.74 Å². The Balaban J connectivity index is 0.00000625. The molecule has 0 aliphatic heterocycles. The van der Waals surface area contributed by atoms with Crippen molar-refractivity contribution < 1.29 is 17.9 Å². The molecule has 0 aliphatic rings. The molecule has 9 heteroatoms. The Morgan fingerprint density at radius 2 is 1.96 bits per heavy atom. The van der Waals surface area contributed by atoms with E-state index in [1.165, 1.54) is 0 Å². The van der Waals surface area contributed by atoms with Crippen LogP contribution in [-0.4, -0.2) is 57.4 Å². The number of ether oxygens (including phenoxy) is 1. The van der Waals surface area contributed by atoms with Gasteiger partial charge in [0.1, 0.15) is 5.75 Å². The van der Waals surface area contributed by atoms with Gasteiger partial charge >= 0.3 is 6.18 Å². The zero-order valence-corrected chi connectivity index (χ0v) is 17.9. The normalized spacial score (nSPS) is 11.9. The number of benzene rings is 1. The maximum absolute atomic E-state index is 12.4. The molecule has 0 atom stereocenters. The number of nitrogens with zero attached hydrogens (tertiary/aromatic N) is 2. The van der Waals surface area contributed by atoms with E-state index in [0.29, 0.717) is 18.1 Å². The van der Waals surface area contributed by atoms with Crippen LogP contribution < -0.4 is 15.4 Å². The smallest absolute Gasteiger partial charge is 0.422 e. The van der Waals surface area contributed by atoms with Crippen molar-refractivity contribution in [2.24, 2.45) is 4.99 Å². The van der Waals surface area contributed by atoms with E-state index in [-0.39, 0.29) is 29.7 Å². The Kier molecular flexibility index (Phi) is 11.6. The highest BCUT2D eigenvalue weighted by Crippen LogP contribution is 2.23. The first kappa shape index (κ1) is 24.8. The molecule has 0 heterocycles. The molecule has 0 radical (unpaired) electrons. The van der Waals surface area contributed by atoms with Crippen molar-refractivity contribution in [3.05, 3.63) is 29.3 Å². The fraction of sp³-hybridized carbons (Fsp3) is 0.588. The van der Waals surface area contributed by atoms with Gasteiger partial charge in [0.05, 0.1) is 0 Å². The molecule has 2 N–H and O–H groups in total. The molecule has 1 aromatic rings. The summed E-state index contributed by atoms with van der Waals surface area (Å²) >= 11 is 0. The standard InChI is InChI=1S/C17H27F3N4O.HI/c1-5-24(4)9-8-22-16(21-3)23-11-14-7-6-13(2)10-15(14)25-12-17(18,19)20;/h6-7,10H,5,8-9,11-12H2,1-4H3,(H2,21,22,23);1H. The predicted octanol–water partition coefficient (Wildman–Crippen LogP) is 3.17. The molecule has 0 amide bonds. The molecule has 0 fully saturated rings. The summed E-state index contributed by atoms with van der Waals surface area (Å²) in [6.45, 7) is 5.43. The minimum atomic E-state index is -4.36. The number of alkyl halides is 3. The van der Waals surface area contributed by atoms with Gasteiger partial charge in [0.15, 0.2) is 12.6 Å². The molecule has 0 saturated heterocycles. The average Bonchev–Trinajstić information content (AvgIpc) is 2.56. The van der Waals surface area contributed by atoms with Gasteiger partial charge in [-0.25, -0.2) is 0 Å². The first-order chi connectivity index (χ1) is 11.7. The molecule has 5 nitrogen and oxygen atoms in total. The summed E-state index contributed by atoms with van der Waals surface area (Å²) in [6, 6.07) is 5.20. The molecular weight excluding hydrogens is 460 g/mol. The number of aliphatic imine (C=N–C) groups is 1. The maximum atomic E-state index is 12.4. The second kappa shape index (κ2) is 12.2. The highest BCUT2D eigenvalue weighted by atomic mass is 127. The summed E-state index contributed by atoms with van der Waals surface area (Å²) < 4.78 is 42.2. The monoisotopic (exact) mass is 488 g/mol. The van der Waals surface area contributed by atoms with Crippen LogP contribution in [0.4, 0.5) is 13.2 Å². The largest absolute Gasteiger partial charge is 0.484 e. The first-order valence-electron chi connectivity index (χ1n) is 8.17. The second-order valence-electron chi connectivity index (χ2n) is 5.76. The summed E-state index contributed by atoms with van der Waals surface area (Å²) in [5.74, 6) is 0.817. The topological polar surface area (TPSA) is 48.9 Å². The predicted molar refractivity (Wildman–Crippen MR) is 110 cm³/mol. The maximum Gasteiger partial charge on any atom is 0.422 e. The fourth-order valence-electron chi connectivity index (χ4n) is 2.02. The van der Waals surface area contributed by atoms with Gasteiger partial charge < -0.3 is 20.3 Å². The average molecular weight is 488 g/mol. The molecule has 0 unspecified atom stereocenters. The third-order valence-electron chi connectivity index (χ3n) is 3.61. The van der Waals surface area contributed by atoms with E-state index in [1.54, 1.807) is 19.2 Å². The number of hydrogen-bond acceptors (Lipinski definition) is 3. The van der Waals surface area contributed by atoms with Gasteiger partial charge in [-0.2, -0.15) is 13.2 Å². The van der Waals surface area contributed by atoms with E-state index >= 15 is 0 Å². The Hall–Kier alpha value is -1.23. The Bertz CT molecular complexity index is 567. The molecule has 1 aromatic carbocycles. The van der Waals surface area contributed by atoms with Gasteiger partial charge in [0.25, 0.3) is 0 Å². The second-order valence-corrected chi connectivity index (χ2v) is 5.76. The summed E-state index contributed by atoms with van der Waals surface area (Å²) in [5.41, 5.74) is 1.48. The van der Waals surface area contributed by atoms with Crippen molar-refractivity contribution in [2.75, 3.05) is 40.3 Å². The number of aryl methyl sites for hydroxylation is 1. The lowest BCUT2D eigenvalue weighted by atomic mass is 10.1. The van der Waals surface area contributed by atoms with Crippen LogP contribution in [0.2, 0.25) is 0 Å². The summed E-state index contributed by atoms with van der Waals surface area (Å²) in [6.07, 6.45) is -4.36. The van der Waals surface area contributed by atoms with Gasteiger partial charge in [-0.05, 0) is 32.1 Å². The van der Waals surface area contributed by atoms with Crippen LogP contribution in [-0.2, 0) is 6.54 Å². The van der Waals surface area contributed by atoms with Crippen molar-refractivity contribution in [1.29, 1.82) is 0 Å². The van der Waals surface area contributed by atoms with E-state index in [9.17, 15) is 13.2 Å². The van der Waals surface area contributed by atoms with Gasteiger partial charge in [-0.3, -0.25) is 4.99 Å². The quantitative estimate of drug-likeness (QED) is 0.336. The molecule has 26 heavy (non-hydrogen) atoms. The lowest BCUT2D eigenvalue weighted by Gasteiger charge is -2.18. The van der Waals surface area contributed by atoms with Crippen molar-refractivity contribution >= 4 is 29.9 Å². The number of nitrogens with one attached hydrogen (secondary N) is 2. The lowest BCUT2D eigenvalue weighted by Crippen LogP contribution is -2.40. The summed E-state index contributed by atoms with van der Waals surface area (Å²) in [4.78, 5) is 6.27. The van der Waals surface area contributed by atoms with Crippen molar-refractivity contribution in [3.63, 3.8) is 0 Å². The number of likely N-dealkylation sites (N-methyl/N-ethyl adjacent to an activating group) is 1. The van der Waals surface area contributed by atoms with Gasteiger partial charge in [0, 0.05) is 32.2 Å². The van der Waals surface area contributed by atoms with Gasteiger partial charge in [-0.15, -0.1) is 24.0 Å². The SMILES string of the molecule is CCN(C)CCNC(=NC)NCc1ccc(C)cc1OCC(F)(F)F.I. The van der Waals surface area contributed by atoms with Gasteiger partial charge in [0.2, 0.25) is 0 Å². The molecule has 0 bridgehead atoms. The van der Waals surface area contributed by atoms with E-state index in [2.05, 4.69) is 27.4 Å². The van der Waals surface area contributed by atoms with E-state index in [0.717, 1.165) is 25.2 Å². The minimum Gasteiger partial charge on any atom is -0.484 e. The molecule has 150 valence electrons. The fourth-order valence-corrected chi connectivity index (χ4v) is 2.02. The van der Waals surface area contributed by atoms with Crippen molar-refractivity contribution in [1.82, 2.24) is 15.5 Å². The van der Waals surface area contributed by atoms with Crippen LogP contribution >= 0.6 is 24.0 Å². The Labute approximate surface area is 170 Å². The molecule has 0 saturated carbocycles. The molecular formula is C17H28F3IN4O. The van der Waals surface area contributed by atoms with E-state index < -0.39 is 12.8 Å². The molecule has 0 aliphatic carbocycles. The highest BCUT2D eigenvalue weighted by Gasteiger charge is 2.28. The van der Waals surface area contributed by atoms with Crippen molar-refractivity contribution in [2.45, 2.75) is 26.6 Å². The number of guanidine groups is 1. The van der Waals surface area contributed by atoms with Gasteiger partial charge in [-0.1, -0.05) is 19.1 Å². The third kappa shape index (κ3) is 10.0. The van der Waals surface area contributed by atoms with Crippen LogP contribution in [0.25, 0.3) is 0 Å². The third-order valence-corrected chi connectivity index (χ3v) is 3.61. The highest BCUT2D eigenvalue weighted by molar-refractivity contribution is 14.0. The van der Waals surface area contributed by atoms with Crippen LogP contribution in [0.3, 0.4) is 0 Å². The molecule has 0 aromatic heterocycles. The van der Waals surface area contributed by atoms with Crippen molar-refractivity contribution in [3.8, 4) is 5.75 Å². The minimum absolute atomic E-state index is 0. The van der Waals surface area contributed by atoms with Crippen LogP contribution in [0.15, 0.2) is 23.2 Å².